The minimum absolute atomic E-state index is 0.00232. The standard InChI is InChI=1S/C14H18N4O/c1-10-13(15-2)16-9-17-14(10)18-12(8-19)11-6-4-3-5-7-11/h3-7,9,12,19H,8H2,1-2H3,(H2,15,16,17,18). The number of nitrogens with zero attached hydrogens (tertiary/aromatic N) is 2. The molecule has 5 heteroatoms. The third-order valence-corrected chi connectivity index (χ3v) is 3.02. The molecule has 0 amide bonds. The highest BCUT2D eigenvalue weighted by atomic mass is 16.3. The molecule has 0 bridgehead atoms. The Balaban J connectivity index is 2.24. The molecule has 0 radical (unpaired) electrons. The van der Waals surface area contributed by atoms with Crippen LogP contribution >= 0.6 is 0 Å². The second-order valence-electron chi connectivity index (χ2n) is 4.24. The second kappa shape index (κ2) is 6.15. The summed E-state index contributed by atoms with van der Waals surface area (Å²) in [6, 6.07) is 9.62. The highest BCUT2D eigenvalue weighted by Crippen LogP contribution is 2.23. The lowest BCUT2D eigenvalue weighted by Crippen LogP contribution is -2.17. The maximum Gasteiger partial charge on any atom is 0.134 e. The Kier molecular flexibility index (Phi) is 4.30. The molecule has 3 N–H and O–H groups in total. The van der Waals surface area contributed by atoms with E-state index in [1.165, 1.54) is 6.33 Å². The van der Waals surface area contributed by atoms with E-state index >= 15 is 0 Å². The van der Waals surface area contributed by atoms with E-state index in [0.29, 0.717) is 0 Å². The predicted octanol–water partition coefficient (Wildman–Crippen LogP) is 1.97. The number of anilines is 2. The number of hydrogen-bond donors (Lipinski definition) is 3. The van der Waals surface area contributed by atoms with E-state index in [1.54, 1.807) is 0 Å². The number of aromatic nitrogens is 2. The van der Waals surface area contributed by atoms with Gasteiger partial charge in [0.15, 0.2) is 0 Å². The zero-order valence-electron chi connectivity index (χ0n) is 11.1. The summed E-state index contributed by atoms with van der Waals surface area (Å²) in [6.45, 7) is 1.94. The lowest BCUT2D eigenvalue weighted by Gasteiger charge is -2.19. The van der Waals surface area contributed by atoms with Gasteiger partial charge in [0.05, 0.1) is 12.6 Å². The normalized spacial score (nSPS) is 11.9. The Labute approximate surface area is 112 Å². The smallest absolute Gasteiger partial charge is 0.134 e. The largest absolute Gasteiger partial charge is 0.394 e. The summed E-state index contributed by atoms with van der Waals surface area (Å²) >= 11 is 0. The van der Waals surface area contributed by atoms with Crippen molar-refractivity contribution < 1.29 is 5.11 Å². The molecule has 0 aliphatic carbocycles. The number of rotatable bonds is 5. The third kappa shape index (κ3) is 3.00. The number of benzene rings is 1. The van der Waals surface area contributed by atoms with E-state index in [1.807, 2.05) is 44.3 Å². The summed E-state index contributed by atoms with van der Waals surface area (Å²) in [5, 5.41) is 15.8. The topological polar surface area (TPSA) is 70.1 Å². The average molecular weight is 258 g/mol. The quantitative estimate of drug-likeness (QED) is 0.765. The van der Waals surface area contributed by atoms with Crippen LogP contribution in [0.1, 0.15) is 17.2 Å². The first-order valence-electron chi connectivity index (χ1n) is 6.18. The van der Waals surface area contributed by atoms with E-state index in [-0.39, 0.29) is 12.6 Å². The maximum absolute atomic E-state index is 9.54. The zero-order chi connectivity index (χ0) is 13.7. The van der Waals surface area contributed by atoms with Gasteiger partial charge in [-0.2, -0.15) is 0 Å². The van der Waals surface area contributed by atoms with Crippen LogP contribution in [0.3, 0.4) is 0 Å². The molecule has 1 aromatic heterocycles. The van der Waals surface area contributed by atoms with Crippen LogP contribution in [0.5, 0.6) is 0 Å². The summed E-state index contributed by atoms with van der Waals surface area (Å²) in [6.07, 6.45) is 1.50. The molecule has 1 atom stereocenters. The monoisotopic (exact) mass is 258 g/mol. The Hall–Kier alpha value is -2.14. The molecule has 1 unspecified atom stereocenters. The molecule has 0 saturated heterocycles. The van der Waals surface area contributed by atoms with Crippen LogP contribution in [0.4, 0.5) is 11.6 Å². The lowest BCUT2D eigenvalue weighted by molar-refractivity contribution is 0.276. The minimum atomic E-state index is -0.181. The minimum Gasteiger partial charge on any atom is -0.394 e. The molecule has 1 aromatic carbocycles. The molecular weight excluding hydrogens is 240 g/mol. The van der Waals surface area contributed by atoms with E-state index in [9.17, 15) is 5.11 Å². The van der Waals surface area contributed by atoms with Crippen molar-refractivity contribution >= 4 is 11.6 Å². The molecule has 5 nitrogen and oxygen atoms in total. The first kappa shape index (κ1) is 13.3. The van der Waals surface area contributed by atoms with Crippen molar-refractivity contribution in [3.8, 4) is 0 Å². The van der Waals surface area contributed by atoms with E-state index in [4.69, 9.17) is 0 Å². The summed E-state index contributed by atoms with van der Waals surface area (Å²) in [5.74, 6) is 1.50. The van der Waals surface area contributed by atoms with Crippen LogP contribution in [0.2, 0.25) is 0 Å². The third-order valence-electron chi connectivity index (χ3n) is 3.02. The molecule has 2 rings (SSSR count). The maximum atomic E-state index is 9.54. The van der Waals surface area contributed by atoms with Crippen LogP contribution in [0, 0.1) is 6.92 Å². The van der Waals surface area contributed by atoms with Crippen LogP contribution in [-0.2, 0) is 0 Å². The van der Waals surface area contributed by atoms with Gasteiger partial charge in [-0.1, -0.05) is 30.3 Å². The van der Waals surface area contributed by atoms with E-state index < -0.39 is 0 Å². The van der Waals surface area contributed by atoms with Gasteiger partial charge in [-0.15, -0.1) is 0 Å². The summed E-state index contributed by atoms with van der Waals surface area (Å²) < 4.78 is 0. The molecule has 0 saturated carbocycles. The fourth-order valence-electron chi connectivity index (χ4n) is 1.93. The summed E-state index contributed by atoms with van der Waals surface area (Å²) in [5.41, 5.74) is 1.95. The molecule has 2 aromatic rings. The molecule has 19 heavy (non-hydrogen) atoms. The van der Waals surface area contributed by atoms with Crippen LogP contribution in [0.25, 0.3) is 0 Å². The molecule has 1 heterocycles. The first-order valence-corrected chi connectivity index (χ1v) is 6.18. The summed E-state index contributed by atoms with van der Waals surface area (Å²) in [7, 11) is 1.82. The fourth-order valence-corrected chi connectivity index (χ4v) is 1.93. The Morgan fingerprint density at radius 3 is 2.47 bits per heavy atom. The molecule has 0 fully saturated rings. The molecule has 0 aliphatic rings. The highest BCUT2D eigenvalue weighted by molar-refractivity contribution is 5.56. The Morgan fingerprint density at radius 1 is 1.16 bits per heavy atom. The second-order valence-corrected chi connectivity index (χ2v) is 4.24. The van der Waals surface area contributed by atoms with Gasteiger partial charge in [0.25, 0.3) is 0 Å². The van der Waals surface area contributed by atoms with Crippen molar-refractivity contribution in [2.45, 2.75) is 13.0 Å². The van der Waals surface area contributed by atoms with Gasteiger partial charge < -0.3 is 15.7 Å². The summed E-state index contributed by atoms with van der Waals surface area (Å²) in [4.78, 5) is 8.37. The first-order chi connectivity index (χ1) is 9.26. The highest BCUT2D eigenvalue weighted by Gasteiger charge is 2.13. The fraction of sp³-hybridized carbons (Fsp3) is 0.286. The molecule has 100 valence electrons. The van der Waals surface area contributed by atoms with Gasteiger partial charge >= 0.3 is 0 Å². The van der Waals surface area contributed by atoms with Gasteiger partial charge in [-0.25, -0.2) is 9.97 Å². The van der Waals surface area contributed by atoms with Crippen molar-refractivity contribution in [2.75, 3.05) is 24.3 Å². The molecular formula is C14H18N4O. The van der Waals surface area contributed by atoms with Gasteiger partial charge in [0, 0.05) is 12.6 Å². The van der Waals surface area contributed by atoms with Crippen molar-refractivity contribution in [3.05, 3.63) is 47.8 Å². The van der Waals surface area contributed by atoms with Gasteiger partial charge in [-0.05, 0) is 12.5 Å². The number of nitrogens with one attached hydrogen (secondary N) is 2. The van der Waals surface area contributed by atoms with Crippen molar-refractivity contribution in [2.24, 2.45) is 0 Å². The van der Waals surface area contributed by atoms with Crippen molar-refractivity contribution in [3.63, 3.8) is 0 Å². The predicted molar refractivity (Wildman–Crippen MR) is 76.2 cm³/mol. The van der Waals surface area contributed by atoms with Gasteiger partial charge in [-0.3, -0.25) is 0 Å². The average Bonchev–Trinajstić information content (AvgIpc) is 2.47. The SMILES string of the molecule is CNc1ncnc(NC(CO)c2ccccc2)c1C. The molecule has 0 aliphatic heterocycles. The van der Waals surface area contributed by atoms with Crippen molar-refractivity contribution in [1.82, 2.24) is 9.97 Å². The zero-order valence-corrected chi connectivity index (χ0v) is 11.1. The number of hydrogen-bond acceptors (Lipinski definition) is 5. The van der Waals surface area contributed by atoms with Crippen molar-refractivity contribution in [1.29, 1.82) is 0 Å². The van der Waals surface area contributed by atoms with Gasteiger partial charge in [0.2, 0.25) is 0 Å². The van der Waals surface area contributed by atoms with Crippen LogP contribution in [0.15, 0.2) is 36.7 Å². The lowest BCUT2D eigenvalue weighted by atomic mass is 10.1. The molecule has 0 spiro atoms. The number of aliphatic hydroxyl groups excluding tert-OH is 1. The van der Waals surface area contributed by atoms with Gasteiger partial charge in [0.1, 0.15) is 18.0 Å². The Morgan fingerprint density at radius 2 is 1.84 bits per heavy atom. The van der Waals surface area contributed by atoms with Crippen LogP contribution < -0.4 is 10.6 Å². The number of aliphatic hydroxyl groups is 1. The van der Waals surface area contributed by atoms with E-state index in [0.717, 1.165) is 22.8 Å². The van der Waals surface area contributed by atoms with Crippen LogP contribution in [-0.4, -0.2) is 28.7 Å². The Bertz CT molecular complexity index is 530. The van der Waals surface area contributed by atoms with E-state index in [2.05, 4.69) is 20.6 Å².